The Labute approximate surface area is 116 Å². The molecular formula is C16H24N2O. The van der Waals surface area contributed by atoms with Gasteiger partial charge in [0.2, 0.25) is 0 Å². The summed E-state index contributed by atoms with van der Waals surface area (Å²) in [5, 5.41) is 3.37. The Balaban J connectivity index is 1.99. The number of ether oxygens (including phenoxy) is 1. The van der Waals surface area contributed by atoms with Crippen molar-refractivity contribution in [3.05, 3.63) is 34.9 Å². The number of rotatable bonds is 4. The maximum Gasteiger partial charge on any atom is 0.122 e. The zero-order valence-electron chi connectivity index (χ0n) is 12.2. The molecule has 1 fully saturated rings. The second-order valence-corrected chi connectivity index (χ2v) is 5.13. The van der Waals surface area contributed by atoms with Crippen molar-refractivity contribution >= 4 is 6.08 Å². The number of hydrogen-bond donors (Lipinski definition) is 1. The number of nitrogens with one attached hydrogen (secondary N) is 1. The van der Waals surface area contributed by atoms with E-state index in [9.17, 15) is 0 Å². The Kier molecular flexibility index (Phi) is 5.00. The lowest BCUT2D eigenvalue weighted by atomic mass is 10.0. The Morgan fingerprint density at radius 1 is 1.21 bits per heavy atom. The molecule has 2 rings (SSSR count). The fraction of sp³-hybridized carbons (Fsp3) is 0.500. The topological polar surface area (TPSA) is 24.5 Å². The monoisotopic (exact) mass is 260 g/mol. The van der Waals surface area contributed by atoms with Crippen molar-refractivity contribution in [3.63, 3.8) is 0 Å². The zero-order valence-corrected chi connectivity index (χ0v) is 12.2. The Hall–Kier alpha value is -1.32. The molecule has 0 radical (unpaired) electrons. The molecule has 3 heteroatoms. The lowest BCUT2D eigenvalue weighted by molar-refractivity contribution is 0.265. The zero-order chi connectivity index (χ0) is 13.7. The summed E-state index contributed by atoms with van der Waals surface area (Å²) in [6, 6.07) is 4.31. The molecule has 0 unspecified atom stereocenters. The Morgan fingerprint density at radius 2 is 1.95 bits per heavy atom. The van der Waals surface area contributed by atoms with E-state index in [1.807, 2.05) is 0 Å². The molecule has 1 aromatic carbocycles. The molecule has 19 heavy (non-hydrogen) atoms. The molecule has 3 nitrogen and oxygen atoms in total. The molecule has 1 aromatic rings. The molecule has 0 spiro atoms. The third-order valence-electron chi connectivity index (χ3n) is 3.65. The second-order valence-electron chi connectivity index (χ2n) is 5.13. The first-order valence-corrected chi connectivity index (χ1v) is 6.95. The van der Waals surface area contributed by atoms with Crippen LogP contribution in [0.5, 0.6) is 5.75 Å². The number of aryl methyl sites for hydroxylation is 2. The minimum Gasteiger partial charge on any atom is -0.496 e. The first-order chi connectivity index (χ1) is 9.20. The van der Waals surface area contributed by atoms with Crippen molar-refractivity contribution in [2.45, 2.75) is 13.8 Å². The van der Waals surface area contributed by atoms with Crippen molar-refractivity contribution in [3.8, 4) is 5.75 Å². The normalized spacial score (nSPS) is 17.0. The molecule has 1 aliphatic heterocycles. The summed E-state index contributed by atoms with van der Waals surface area (Å²) in [5.41, 5.74) is 3.74. The van der Waals surface area contributed by atoms with Crippen molar-refractivity contribution in [2.75, 3.05) is 39.8 Å². The van der Waals surface area contributed by atoms with Crippen molar-refractivity contribution < 1.29 is 4.74 Å². The van der Waals surface area contributed by atoms with E-state index in [4.69, 9.17) is 4.74 Å². The van der Waals surface area contributed by atoms with Crippen LogP contribution in [0.4, 0.5) is 0 Å². The van der Waals surface area contributed by atoms with Gasteiger partial charge in [-0.2, -0.15) is 0 Å². The van der Waals surface area contributed by atoms with Crippen LogP contribution < -0.4 is 10.1 Å². The summed E-state index contributed by atoms with van der Waals surface area (Å²) in [4.78, 5) is 2.47. The minimum atomic E-state index is 0.969. The largest absolute Gasteiger partial charge is 0.496 e. The number of nitrogens with zero attached hydrogens (tertiary/aromatic N) is 1. The maximum absolute atomic E-state index is 5.34. The fourth-order valence-corrected chi connectivity index (χ4v) is 2.43. The third-order valence-corrected chi connectivity index (χ3v) is 3.65. The molecule has 1 saturated heterocycles. The van der Waals surface area contributed by atoms with Crippen LogP contribution in [0.2, 0.25) is 0 Å². The molecule has 1 N–H and O–H groups in total. The summed E-state index contributed by atoms with van der Waals surface area (Å²) < 4.78 is 5.34. The smallest absolute Gasteiger partial charge is 0.122 e. The fourth-order valence-electron chi connectivity index (χ4n) is 2.43. The molecule has 1 heterocycles. The Morgan fingerprint density at radius 3 is 2.63 bits per heavy atom. The molecular weight excluding hydrogens is 236 g/mol. The van der Waals surface area contributed by atoms with Gasteiger partial charge in [0.15, 0.2) is 0 Å². The number of hydrogen-bond acceptors (Lipinski definition) is 3. The van der Waals surface area contributed by atoms with Crippen LogP contribution in [0.3, 0.4) is 0 Å². The summed E-state index contributed by atoms with van der Waals surface area (Å²) in [6.07, 6.45) is 4.49. The Bertz CT molecular complexity index is 448. The van der Waals surface area contributed by atoms with Crippen LogP contribution in [0, 0.1) is 13.8 Å². The lowest BCUT2D eigenvalue weighted by Crippen LogP contribution is -2.43. The van der Waals surface area contributed by atoms with Crippen LogP contribution in [0.25, 0.3) is 6.08 Å². The van der Waals surface area contributed by atoms with Gasteiger partial charge in [-0.1, -0.05) is 12.2 Å². The van der Waals surface area contributed by atoms with Gasteiger partial charge in [0.25, 0.3) is 0 Å². The van der Waals surface area contributed by atoms with Crippen molar-refractivity contribution in [1.82, 2.24) is 10.2 Å². The van der Waals surface area contributed by atoms with Gasteiger partial charge in [0.05, 0.1) is 7.11 Å². The molecule has 0 bridgehead atoms. The van der Waals surface area contributed by atoms with Gasteiger partial charge >= 0.3 is 0 Å². The first kappa shape index (κ1) is 14.1. The van der Waals surface area contributed by atoms with Crippen molar-refractivity contribution in [2.24, 2.45) is 0 Å². The standard InChI is InChI=1S/C16H24N2O/c1-13-12-16(19-3)14(2)11-15(13)5-4-8-18-9-6-17-7-10-18/h4-5,11-12,17H,6-10H2,1-3H3/b5-4+. The van der Waals surface area contributed by atoms with E-state index >= 15 is 0 Å². The van der Waals surface area contributed by atoms with Crippen molar-refractivity contribution in [1.29, 1.82) is 0 Å². The van der Waals surface area contributed by atoms with Gasteiger partial charge in [-0.05, 0) is 42.7 Å². The van der Waals surface area contributed by atoms with E-state index in [-0.39, 0.29) is 0 Å². The predicted octanol–water partition coefficient (Wildman–Crippen LogP) is 2.23. The summed E-state index contributed by atoms with van der Waals surface area (Å²) in [7, 11) is 1.72. The third kappa shape index (κ3) is 3.82. The number of piperazine rings is 1. The minimum absolute atomic E-state index is 0.969. The van der Waals surface area contributed by atoms with E-state index < -0.39 is 0 Å². The van der Waals surface area contributed by atoms with E-state index in [1.54, 1.807) is 7.11 Å². The van der Waals surface area contributed by atoms with Gasteiger partial charge < -0.3 is 10.1 Å². The maximum atomic E-state index is 5.34. The van der Waals surface area contributed by atoms with E-state index in [2.05, 4.69) is 48.3 Å². The van der Waals surface area contributed by atoms with E-state index in [0.717, 1.165) is 38.5 Å². The molecule has 0 amide bonds. The van der Waals surface area contributed by atoms with Crippen LogP contribution in [-0.4, -0.2) is 44.7 Å². The lowest BCUT2D eigenvalue weighted by Gasteiger charge is -2.25. The van der Waals surface area contributed by atoms with E-state index in [1.165, 1.54) is 16.7 Å². The quantitative estimate of drug-likeness (QED) is 0.898. The van der Waals surface area contributed by atoms with Gasteiger partial charge in [-0.25, -0.2) is 0 Å². The van der Waals surface area contributed by atoms with Crippen LogP contribution >= 0.6 is 0 Å². The molecule has 0 aliphatic carbocycles. The number of benzene rings is 1. The highest BCUT2D eigenvalue weighted by Gasteiger charge is 2.07. The first-order valence-electron chi connectivity index (χ1n) is 6.95. The summed E-state index contributed by atoms with van der Waals surface area (Å²) in [6.45, 7) is 9.75. The predicted molar refractivity (Wildman–Crippen MR) is 80.8 cm³/mol. The van der Waals surface area contributed by atoms with Crippen LogP contribution in [0.15, 0.2) is 18.2 Å². The molecule has 104 valence electrons. The van der Waals surface area contributed by atoms with Gasteiger partial charge in [-0.15, -0.1) is 0 Å². The van der Waals surface area contributed by atoms with Crippen LogP contribution in [0.1, 0.15) is 16.7 Å². The van der Waals surface area contributed by atoms with Gasteiger partial charge in [-0.3, -0.25) is 4.90 Å². The summed E-state index contributed by atoms with van der Waals surface area (Å²) in [5.74, 6) is 0.969. The SMILES string of the molecule is COc1cc(C)c(/C=C/CN2CCNCC2)cc1C. The van der Waals surface area contributed by atoms with Gasteiger partial charge in [0.1, 0.15) is 5.75 Å². The number of methoxy groups -OCH3 is 1. The molecule has 0 atom stereocenters. The highest BCUT2D eigenvalue weighted by molar-refractivity contribution is 5.57. The second kappa shape index (κ2) is 6.73. The molecule has 0 aromatic heterocycles. The van der Waals surface area contributed by atoms with Crippen LogP contribution in [-0.2, 0) is 0 Å². The van der Waals surface area contributed by atoms with Gasteiger partial charge in [0, 0.05) is 32.7 Å². The highest BCUT2D eigenvalue weighted by Crippen LogP contribution is 2.23. The highest BCUT2D eigenvalue weighted by atomic mass is 16.5. The van der Waals surface area contributed by atoms with E-state index in [0.29, 0.717) is 0 Å². The average molecular weight is 260 g/mol. The average Bonchev–Trinajstić information content (AvgIpc) is 2.43. The molecule has 0 saturated carbocycles. The molecule has 1 aliphatic rings. The summed E-state index contributed by atoms with van der Waals surface area (Å²) >= 11 is 0.